The smallest absolute Gasteiger partial charge is 0.277 e. The van der Waals surface area contributed by atoms with Crippen LogP contribution >= 0.6 is 23.4 Å². The van der Waals surface area contributed by atoms with Gasteiger partial charge in [-0.25, -0.2) is 0 Å². The van der Waals surface area contributed by atoms with Crippen LogP contribution in [0.1, 0.15) is 11.5 Å². The van der Waals surface area contributed by atoms with Crippen molar-refractivity contribution in [1.82, 2.24) is 15.5 Å². The molecular formula is C19H17ClN4O4S. The maximum Gasteiger partial charge on any atom is 0.277 e. The average Bonchev–Trinajstić information content (AvgIpc) is 3.39. The molecule has 0 bridgehead atoms. The number of carbonyl (C=O) groups is 1. The predicted molar refractivity (Wildman–Crippen MR) is 108 cm³/mol. The van der Waals surface area contributed by atoms with E-state index in [1.165, 1.54) is 11.8 Å². The first kappa shape index (κ1) is 19.4. The number of anilines is 1. The lowest BCUT2D eigenvalue weighted by atomic mass is 10.2. The lowest BCUT2D eigenvalue weighted by Gasteiger charge is -2.05. The number of nitrogens with one attached hydrogen (secondary N) is 2. The molecule has 0 atom stereocenters. The van der Waals surface area contributed by atoms with Crippen molar-refractivity contribution in [3.8, 4) is 11.5 Å². The minimum atomic E-state index is -0.133. The molecule has 0 fully saturated rings. The van der Waals surface area contributed by atoms with Gasteiger partial charge in [-0.1, -0.05) is 29.4 Å². The van der Waals surface area contributed by atoms with E-state index in [9.17, 15) is 4.79 Å². The monoisotopic (exact) mass is 432 g/mol. The van der Waals surface area contributed by atoms with Gasteiger partial charge in [0.2, 0.25) is 18.6 Å². The number of hydrogen-bond donors (Lipinski definition) is 2. The summed E-state index contributed by atoms with van der Waals surface area (Å²) in [4.78, 5) is 12.1. The Morgan fingerprint density at radius 2 is 1.90 bits per heavy atom. The van der Waals surface area contributed by atoms with Gasteiger partial charge in [-0.3, -0.25) is 4.79 Å². The molecule has 0 radical (unpaired) electrons. The second-order valence-corrected chi connectivity index (χ2v) is 7.44. The Balaban J connectivity index is 1.20. The van der Waals surface area contributed by atoms with Gasteiger partial charge in [0.25, 0.3) is 5.22 Å². The number of ether oxygens (including phenoxy) is 2. The quantitative estimate of drug-likeness (QED) is 0.522. The largest absolute Gasteiger partial charge is 0.454 e. The Bertz CT molecular complexity index is 996. The molecule has 0 saturated carbocycles. The van der Waals surface area contributed by atoms with Gasteiger partial charge >= 0.3 is 0 Å². The summed E-state index contributed by atoms with van der Waals surface area (Å²) in [5.74, 6) is 1.89. The number of amides is 1. The van der Waals surface area contributed by atoms with Crippen molar-refractivity contribution in [3.63, 3.8) is 0 Å². The summed E-state index contributed by atoms with van der Waals surface area (Å²) in [6.45, 7) is 1.00. The fraction of sp³-hybridized carbons (Fsp3) is 0.211. The Hall–Kier alpha value is -2.91. The van der Waals surface area contributed by atoms with Gasteiger partial charge in [0, 0.05) is 17.3 Å². The molecule has 1 aliphatic rings. The van der Waals surface area contributed by atoms with Crippen LogP contribution in [0.25, 0.3) is 0 Å². The molecule has 0 unspecified atom stereocenters. The van der Waals surface area contributed by atoms with Crippen molar-refractivity contribution in [2.24, 2.45) is 0 Å². The summed E-state index contributed by atoms with van der Waals surface area (Å²) in [7, 11) is 0. The van der Waals surface area contributed by atoms with Gasteiger partial charge in [0.1, 0.15) is 0 Å². The molecule has 1 amide bonds. The van der Waals surface area contributed by atoms with Crippen LogP contribution in [0.15, 0.2) is 52.1 Å². The van der Waals surface area contributed by atoms with Crippen LogP contribution in [0.3, 0.4) is 0 Å². The third-order valence-corrected chi connectivity index (χ3v) is 5.06. The van der Waals surface area contributed by atoms with E-state index in [-0.39, 0.29) is 18.5 Å². The van der Waals surface area contributed by atoms with Crippen LogP contribution in [0, 0.1) is 0 Å². The highest BCUT2D eigenvalue weighted by Gasteiger charge is 2.14. The van der Waals surface area contributed by atoms with E-state index in [2.05, 4.69) is 20.8 Å². The number of hydrogen-bond acceptors (Lipinski definition) is 8. The molecular weight excluding hydrogens is 416 g/mol. The first-order chi connectivity index (χ1) is 14.2. The van der Waals surface area contributed by atoms with Gasteiger partial charge in [0.15, 0.2) is 11.5 Å². The van der Waals surface area contributed by atoms with E-state index < -0.39 is 0 Å². The number of aromatic nitrogens is 2. The molecule has 1 aliphatic heterocycles. The van der Waals surface area contributed by atoms with Crippen LogP contribution in [0.4, 0.5) is 5.69 Å². The highest BCUT2D eigenvalue weighted by Crippen LogP contribution is 2.32. The average molecular weight is 433 g/mol. The zero-order valence-corrected chi connectivity index (χ0v) is 16.8. The minimum Gasteiger partial charge on any atom is -0.454 e. The van der Waals surface area contributed by atoms with Gasteiger partial charge in [-0.05, 0) is 42.0 Å². The highest BCUT2D eigenvalue weighted by molar-refractivity contribution is 7.99. The molecule has 150 valence electrons. The molecule has 2 N–H and O–H groups in total. The Morgan fingerprint density at radius 1 is 1.07 bits per heavy atom. The van der Waals surface area contributed by atoms with Crippen molar-refractivity contribution in [1.29, 1.82) is 0 Å². The van der Waals surface area contributed by atoms with Gasteiger partial charge in [0.05, 0.1) is 12.3 Å². The predicted octanol–water partition coefficient (Wildman–Crippen LogP) is 3.47. The molecule has 2 aromatic carbocycles. The molecule has 0 saturated heterocycles. The molecule has 0 spiro atoms. The summed E-state index contributed by atoms with van der Waals surface area (Å²) in [6.07, 6.45) is 0. The molecule has 2 heterocycles. The second-order valence-electron chi connectivity index (χ2n) is 6.08. The number of halogens is 1. The van der Waals surface area contributed by atoms with Crippen molar-refractivity contribution in [2.75, 3.05) is 17.9 Å². The van der Waals surface area contributed by atoms with Crippen LogP contribution in [0.5, 0.6) is 11.5 Å². The Morgan fingerprint density at radius 3 is 2.76 bits per heavy atom. The van der Waals surface area contributed by atoms with E-state index in [0.717, 1.165) is 11.3 Å². The van der Waals surface area contributed by atoms with E-state index in [4.69, 9.17) is 25.5 Å². The number of benzene rings is 2. The van der Waals surface area contributed by atoms with Crippen LogP contribution < -0.4 is 20.1 Å². The van der Waals surface area contributed by atoms with E-state index in [0.29, 0.717) is 40.7 Å². The summed E-state index contributed by atoms with van der Waals surface area (Å²) in [6, 6.07) is 12.9. The van der Waals surface area contributed by atoms with Gasteiger partial charge in [-0.2, -0.15) is 0 Å². The summed E-state index contributed by atoms with van der Waals surface area (Å²) >= 11 is 7.04. The number of rotatable bonds is 8. The zero-order chi connectivity index (χ0) is 20.1. The number of carbonyl (C=O) groups excluding carboxylic acids is 1. The minimum absolute atomic E-state index is 0.133. The SMILES string of the molecule is O=C(CSc1nnc(CNc2ccc(Cl)cc2)o1)NCc1ccc2c(c1)OCO2. The zero-order valence-electron chi connectivity index (χ0n) is 15.2. The molecule has 10 heteroatoms. The molecule has 8 nitrogen and oxygen atoms in total. The van der Waals surface area contributed by atoms with E-state index in [1.54, 1.807) is 12.1 Å². The maximum atomic E-state index is 12.1. The fourth-order valence-corrected chi connectivity index (χ4v) is 3.28. The molecule has 4 rings (SSSR count). The lowest BCUT2D eigenvalue weighted by Crippen LogP contribution is -2.24. The van der Waals surface area contributed by atoms with Crippen LogP contribution in [-0.4, -0.2) is 28.7 Å². The normalized spacial score (nSPS) is 12.0. The van der Waals surface area contributed by atoms with Crippen LogP contribution in [-0.2, 0) is 17.9 Å². The third-order valence-electron chi connectivity index (χ3n) is 3.99. The van der Waals surface area contributed by atoms with Crippen molar-refractivity contribution >= 4 is 35.0 Å². The first-order valence-corrected chi connectivity index (χ1v) is 10.1. The number of nitrogens with zero attached hydrogens (tertiary/aromatic N) is 2. The first-order valence-electron chi connectivity index (χ1n) is 8.75. The summed E-state index contributed by atoms with van der Waals surface area (Å²) in [5.41, 5.74) is 1.82. The fourth-order valence-electron chi connectivity index (χ4n) is 2.54. The highest BCUT2D eigenvalue weighted by atomic mass is 35.5. The summed E-state index contributed by atoms with van der Waals surface area (Å²) in [5, 5.41) is 14.9. The van der Waals surface area contributed by atoms with Crippen LogP contribution in [0.2, 0.25) is 5.02 Å². The molecule has 0 aliphatic carbocycles. The third kappa shape index (κ3) is 5.33. The van der Waals surface area contributed by atoms with E-state index >= 15 is 0 Å². The Labute approximate surface area is 175 Å². The van der Waals surface area contributed by atoms with Crippen molar-refractivity contribution in [3.05, 3.63) is 58.9 Å². The number of fused-ring (bicyclic) bond motifs is 1. The van der Waals surface area contributed by atoms with Gasteiger partial charge in [-0.15, -0.1) is 10.2 Å². The van der Waals surface area contributed by atoms with E-state index in [1.807, 2.05) is 30.3 Å². The molecule has 3 aromatic rings. The standard InChI is InChI=1S/C19H17ClN4O4S/c20-13-2-4-14(5-3-13)21-9-18-23-24-19(28-18)29-10-17(25)22-8-12-1-6-15-16(7-12)27-11-26-15/h1-7,21H,8-11H2,(H,22,25). The summed E-state index contributed by atoms with van der Waals surface area (Å²) < 4.78 is 16.1. The number of thioether (sulfide) groups is 1. The molecule has 29 heavy (non-hydrogen) atoms. The Kier molecular flexibility index (Phi) is 6.06. The molecule has 1 aromatic heterocycles. The maximum absolute atomic E-state index is 12.1. The lowest BCUT2D eigenvalue weighted by molar-refractivity contribution is -0.118. The second kappa shape index (κ2) is 9.06. The van der Waals surface area contributed by atoms with Crippen molar-refractivity contribution in [2.45, 2.75) is 18.3 Å². The van der Waals surface area contributed by atoms with Gasteiger partial charge < -0.3 is 24.5 Å². The van der Waals surface area contributed by atoms with Crippen molar-refractivity contribution < 1.29 is 18.7 Å². The topological polar surface area (TPSA) is 98.5 Å².